The summed E-state index contributed by atoms with van der Waals surface area (Å²) in [4.78, 5) is 0. The summed E-state index contributed by atoms with van der Waals surface area (Å²) >= 11 is 0. The zero-order valence-corrected chi connectivity index (χ0v) is 16.7. The Kier molecular flexibility index (Phi) is 4.98. The van der Waals surface area contributed by atoms with Gasteiger partial charge in [0.1, 0.15) is 5.75 Å². The molecule has 22 heavy (non-hydrogen) atoms. The van der Waals surface area contributed by atoms with Crippen LogP contribution in [0.25, 0.3) is 10.8 Å². The predicted molar refractivity (Wildman–Crippen MR) is 98.1 cm³/mol. The van der Waals surface area contributed by atoms with Crippen molar-refractivity contribution in [3.8, 4) is 5.75 Å². The minimum atomic E-state index is 0.0410. The number of aliphatic hydroxyl groups is 1. The van der Waals surface area contributed by atoms with Crippen molar-refractivity contribution < 1.29 is 9.53 Å². The minimum Gasteiger partial charge on any atom is -0.553 e. The summed E-state index contributed by atoms with van der Waals surface area (Å²) in [6.07, 6.45) is 1.64. The lowest BCUT2D eigenvalue weighted by atomic mass is 9.77. The summed E-state index contributed by atoms with van der Waals surface area (Å²) in [5, 5.41) is 11.9. The summed E-state index contributed by atoms with van der Waals surface area (Å²) in [6.45, 7) is 11.3. The van der Waals surface area contributed by atoms with Crippen LogP contribution in [0.4, 0.5) is 0 Å². The fraction of sp³-hybridized carbons (Fsp3) is 0.474. The van der Waals surface area contributed by atoms with Gasteiger partial charge < -0.3 is 9.53 Å². The maximum absolute atomic E-state index is 9.28. The fourth-order valence-electron chi connectivity index (χ4n) is 3.62. The third-order valence-electron chi connectivity index (χ3n) is 4.37. The van der Waals surface area contributed by atoms with Crippen LogP contribution in [0.3, 0.4) is 0 Å². The number of hydrogen-bond acceptors (Lipinski definition) is 2. The van der Waals surface area contributed by atoms with E-state index >= 15 is 0 Å². The van der Waals surface area contributed by atoms with Crippen LogP contribution in [0.15, 0.2) is 18.2 Å². The molecule has 0 fully saturated rings. The van der Waals surface area contributed by atoms with Gasteiger partial charge in [0.25, 0.3) is 0 Å². The zero-order valence-electron chi connectivity index (χ0n) is 14.7. The fourth-order valence-corrected chi connectivity index (χ4v) is 4.17. The monoisotopic (exact) mass is 316 g/mol. The van der Waals surface area contributed by atoms with E-state index in [1.807, 2.05) is 0 Å². The number of rotatable bonds is 4. The van der Waals surface area contributed by atoms with Crippen LogP contribution in [0.1, 0.15) is 49.4 Å². The Balaban J connectivity index is 2.95. The van der Waals surface area contributed by atoms with Gasteiger partial charge in [-0.15, -0.1) is 0 Å². The van der Waals surface area contributed by atoms with E-state index in [1.54, 1.807) is 0 Å². The van der Waals surface area contributed by atoms with E-state index in [0.717, 1.165) is 18.6 Å². The van der Waals surface area contributed by atoms with Gasteiger partial charge in [0.2, 0.25) is 10.5 Å². The highest BCUT2D eigenvalue weighted by atomic mass is 28.2. The normalized spacial score (nSPS) is 12.1. The lowest BCUT2D eigenvalue weighted by Crippen LogP contribution is -2.17. The van der Waals surface area contributed by atoms with Crippen LogP contribution in [-0.2, 0) is 11.8 Å². The second-order valence-corrected chi connectivity index (χ2v) is 7.49. The van der Waals surface area contributed by atoms with Gasteiger partial charge in [0, 0.05) is 6.61 Å². The highest BCUT2D eigenvalue weighted by molar-refractivity contribution is 6.02. The van der Waals surface area contributed by atoms with Crippen LogP contribution in [-0.4, -0.2) is 22.2 Å². The number of benzene rings is 2. The Morgan fingerprint density at radius 3 is 2.41 bits per heavy atom. The quantitative estimate of drug-likeness (QED) is 0.877. The molecular formula is C19H28O2Si. The Hall–Kier alpha value is -1.32. The van der Waals surface area contributed by atoms with Gasteiger partial charge in [0.15, 0.2) is 0 Å². The smallest absolute Gasteiger partial charge is 0.204 e. The average Bonchev–Trinajstić information content (AvgIpc) is 2.43. The van der Waals surface area contributed by atoms with Gasteiger partial charge in [-0.05, 0) is 65.1 Å². The summed E-state index contributed by atoms with van der Waals surface area (Å²) in [7, 11) is 0.678. The van der Waals surface area contributed by atoms with Crippen molar-refractivity contribution in [2.45, 2.75) is 52.9 Å². The molecule has 0 saturated heterocycles. The molecule has 0 bridgehead atoms. The lowest BCUT2D eigenvalue weighted by molar-refractivity contribution is 0.288. The first-order valence-electron chi connectivity index (χ1n) is 8.03. The Morgan fingerprint density at radius 2 is 1.86 bits per heavy atom. The van der Waals surface area contributed by atoms with Crippen molar-refractivity contribution in [2.75, 3.05) is 6.61 Å². The van der Waals surface area contributed by atoms with Crippen LogP contribution < -0.4 is 4.43 Å². The van der Waals surface area contributed by atoms with Gasteiger partial charge in [-0.2, -0.15) is 0 Å². The molecule has 0 unspecified atom stereocenters. The maximum Gasteiger partial charge on any atom is 0.204 e. The zero-order chi connectivity index (χ0) is 16.5. The third kappa shape index (κ3) is 2.92. The summed E-state index contributed by atoms with van der Waals surface area (Å²) in [5.41, 5.74) is 5.24. The van der Waals surface area contributed by atoms with Gasteiger partial charge in [-0.3, -0.25) is 0 Å². The second kappa shape index (κ2) is 6.43. The van der Waals surface area contributed by atoms with Crippen molar-refractivity contribution in [3.63, 3.8) is 0 Å². The van der Waals surface area contributed by atoms with Crippen molar-refractivity contribution in [2.24, 2.45) is 0 Å². The minimum absolute atomic E-state index is 0.0410. The molecule has 0 spiro atoms. The molecule has 0 aliphatic heterocycles. The maximum atomic E-state index is 9.28. The SMILES string of the molecule is Cc1cccc2c(C(C)(C)C)c(CCCO)c(O[SiH3])c(C)c12. The number of hydrogen-bond donors (Lipinski definition) is 1. The first kappa shape index (κ1) is 17.0. The van der Waals surface area contributed by atoms with Gasteiger partial charge in [0.05, 0.1) is 0 Å². The van der Waals surface area contributed by atoms with Crippen LogP contribution in [0, 0.1) is 13.8 Å². The molecule has 0 radical (unpaired) electrons. The number of fused-ring (bicyclic) bond motifs is 1. The molecule has 1 N–H and O–H groups in total. The molecule has 0 aliphatic carbocycles. The van der Waals surface area contributed by atoms with E-state index in [-0.39, 0.29) is 12.0 Å². The predicted octanol–water partition coefficient (Wildman–Crippen LogP) is 3.34. The largest absolute Gasteiger partial charge is 0.553 e. The molecule has 0 amide bonds. The molecule has 2 aromatic rings. The van der Waals surface area contributed by atoms with Crippen molar-refractivity contribution in [3.05, 3.63) is 40.5 Å². The number of aliphatic hydroxyl groups excluding tert-OH is 1. The molecule has 0 aromatic heterocycles. The van der Waals surface area contributed by atoms with E-state index < -0.39 is 0 Å². The highest BCUT2D eigenvalue weighted by Crippen LogP contribution is 2.42. The topological polar surface area (TPSA) is 29.5 Å². The van der Waals surface area contributed by atoms with Crippen LogP contribution in [0.2, 0.25) is 0 Å². The first-order valence-corrected chi connectivity index (χ1v) is 8.84. The lowest BCUT2D eigenvalue weighted by Gasteiger charge is -2.29. The van der Waals surface area contributed by atoms with Gasteiger partial charge >= 0.3 is 0 Å². The number of aryl methyl sites for hydroxylation is 2. The molecular weight excluding hydrogens is 288 g/mol. The van der Waals surface area contributed by atoms with Crippen molar-refractivity contribution in [1.29, 1.82) is 0 Å². The van der Waals surface area contributed by atoms with E-state index in [4.69, 9.17) is 4.43 Å². The van der Waals surface area contributed by atoms with Gasteiger partial charge in [-0.25, -0.2) is 0 Å². The molecule has 2 aromatic carbocycles. The van der Waals surface area contributed by atoms with Crippen molar-refractivity contribution in [1.82, 2.24) is 0 Å². The molecule has 2 nitrogen and oxygen atoms in total. The van der Waals surface area contributed by atoms with Crippen LogP contribution in [0.5, 0.6) is 5.75 Å². The highest BCUT2D eigenvalue weighted by Gasteiger charge is 2.26. The average molecular weight is 317 g/mol. The van der Waals surface area contributed by atoms with Crippen molar-refractivity contribution >= 4 is 21.3 Å². The molecule has 3 heteroatoms. The molecule has 0 saturated carbocycles. The van der Waals surface area contributed by atoms with E-state index in [1.165, 1.54) is 33.0 Å². The Bertz CT molecular complexity index is 684. The Morgan fingerprint density at radius 1 is 1.18 bits per heavy atom. The third-order valence-corrected chi connectivity index (χ3v) is 4.78. The Labute approximate surface area is 137 Å². The standard InChI is InChI=1S/C19H28O2Si/c1-12-8-6-9-14-16(12)13(2)18(21-22)15(10-7-11-20)17(14)19(3,4)5/h6,8-9,20H,7,10-11H2,1-5,22H3. The molecule has 120 valence electrons. The van der Waals surface area contributed by atoms with E-state index in [0.29, 0.717) is 10.5 Å². The van der Waals surface area contributed by atoms with E-state index in [9.17, 15) is 5.11 Å². The van der Waals surface area contributed by atoms with Gasteiger partial charge in [-0.1, -0.05) is 39.0 Å². The summed E-state index contributed by atoms with van der Waals surface area (Å²) in [5.74, 6) is 1.05. The summed E-state index contributed by atoms with van der Waals surface area (Å²) < 4.78 is 5.93. The van der Waals surface area contributed by atoms with E-state index in [2.05, 4.69) is 52.8 Å². The second-order valence-electron chi connectivity index (χ2n) is 7.09. The van der Waals surface area contributed by atoms with Crippen LogP contribution >= 0.6 is 0 Å². The molecule has 0 heterocycles. The molecule has 2 rings (SSSR count). The summed E-state index contributed by atoms with van der Waals surface area (Å²) in [6, 6.07) is 6.55. The molecule has 0 aliphatic rings. The molecule has 0 atom stereocenters. The first-order chi connectivity index (χ1) is 10.3.